The van der Waals surface area contributed by atoms with Crippen LogP contribution in [0.1, 0.15) is 41.5 Å². The Bertz CT molecular complexity index is 1130. The first-order chi connectivity index (χ1) is 15.1. The van der Waals surface area contributed by atoms with Gasteiger partial charge in [0, 0.05) is 36.3 Å². The Balaban J connectivity index is 1.44. The lowest BCUT2D eigenvalue weighted by Gasteiger charge is -2.29. The van der Waals surface area contributed by atoms with Gasteiger partial charge < -0.3 is 15.0 Å². The van der Waals surface area contributed by atoms with Crippen molar-refractivity contribution >= 4 is 17.5 Å². The van der Waals surface area contributed by atoms with Gasteiger partial charge in [0.2, 0.25) is 11.8 Å². The van der Waals surface area contributed by atoms with Gasteiger partial charge in [-0.2, -0.15) is 0 Å². The van der Waals surface area contributed by atoms with Crippen LogP contribution in [0.2, 0.25) is 0 Å². The normalized spacial score (nSPS) is 14.7. The molecule has 3 aromatic rings. The van der Waals surface area contributed by atoms with Gasteiger partial charge in [0.25, 0.3) is 0 Å². The highest BCUT2D eigenvalue weighted by molar-refractivity contribution is 5.99. The lowest BCUT2D eigenvalue weighted by atomic mass is 9.87. The molecule has 2 aliphatic rings. The zero-order chi connectivity index (χ0) is 21.4. The van der Waals surface area contributed by atoms with E-state index in [1.165, 1.54) is 5.56 Å². The third-order valence-electron chi connectivity index (χ3n) is 6.08. The second-order valence-electron chi connectivity index (χ2n) is 8.00. The van der Waals surface area contributed by atoms with Gasteiger partial charge in [0.05, 0.1) is 5.92 Å². The summed E-state index contributed by atoms with van der Waals surface area (Å²) in [4.78, 5) is 27.5. The lowest BCUT2D eigenvalue weighted by Crippen LogP contribution is -2.35. The summed E-state index contributed by atoms with van der Waals surface area (Å²) >= 11 is 0. The fourth-order valence-corrected chi connectivity index (χ4v) is 4.48. The van der Waals surface area contributed by atoms with Crippen molar-refractivity contribution in [2.24, 2.45) is 0 Å². The number of carbonyl (C=O) groups excluding carboxylic acids is 2. The van der Waals surface area contributed by atoms with Gasteiger partial charge in [-0.15, -0.1) is 0 Å². The molecule has 5 heteroatoms. The molecule has 2 amide bonds. The van der Waals surface area contributed by atoms with E-state index in [1.54, 1.807) is 0 Å². The summed E-state index contributed by atoms with van der Waals surface area (Å²) in [6, 6.07) is 21.3. The van der Waals surface area contributed by atoms with Crippen LogP contribution in [0.4, 0.5) is 5.69 Å². The average Bonchev–Trinajstić information content (AvgIpc) is 2.81. The number of hydrogen-bond donors (Lipinski definition) is 1. The van der Waals surface area contributed by atoms with Crippen LogP contribution in [0.5, 0.6) is 11.5 Å². The van der Waals surface area contributed by atoms with Crippen LogP contribution in [-0.4, -0.2) is 23.3 Å². The molecule has 1 N–H and O–H groups in total. The molecule has 0 spiro atoms. The summed E-state index contributed by atoms with van der Waals surface area (Å²) in [6.45, 7) is 3.23. The number of benzene rings is 3. The van der Waals surface area contributed by atoms with Crippen LogP contribution >= 0.6 is 0 Å². The molecule has 5 nitrogen and oxygen atoms in total. The van der Waals surface area contributed by atoms with Gasteiger partial charge in [-0.1, -0.05) is 49.4 Å². The quantitative estimate of drug-likeness (QED) is 0.669. The van der Waals surface area contributed by atoms with Crippen LogP contribution in [0.3, 0.4) is 0 Å². The summed E-state index contributed by atoms with van der Waals surface area (Å²) in [6.07, 6.45) is 1.35. The van der Waals surface area contributed by atoms with Crippen molar-refractivity contribution in [1.29, 1.82) is 0 Å². The topological polar surface area (TPSA) is 58.6 Å². The first-order valence-corrected chi connectivity index (χ1v) is 10.7. The van der Waals surface area contributed by atoms with E-state index < -0.39 is 5.92 Å². The molecule has 0 unspecified atom stereocenters. The number of amides is 2. The number of rotatable bonds is 3. The molecule has 2 heterocycles. The highest BCUT2D eigenvalue weighted by atomic mass is 16.5. The molecule has 0 aromatic heterocycles. The number of carbonyl (C=O) groups is 2. The fraction of sp³-hybridized carbons (Fsp3) is 0.231. The lowest BCUT2D eigenvalue weighted by molar-refractivity contribution is -0.131. The van der Waals surface area contributed by atoms with E-state index >= 15 is 0 Å². The maximum absolute atomic E-state index is 13.4. The first kappa shape index (κ1) is 19.4. The van der Waals surface area contributed by atoms with Gasteiger partial charge in [0.1, 0.15) is 11.5 Å². The number of para-hydroxylation sites is 2. The fourth-order valence-electron chi connectivity index (χ4n) is 4.48. The molecule has 0 fully saturated rings. The molecule has 2 aliphatic heterocycles. The smallest absolute Gasteiger partial charge is 0.236 e. The Morgan fingerprint density at radius 2 is 1.65 bits per heavy atom. The predicted molar refractivity (Wildman–Crippen MR) is 119 cm³/mol. The second-order valence-corrected chi connectivity index (χ2v) is 8.00. The van der Waals surface area contributed by atoms with Crippen molar-refractivity contribution in [1.82, 2.24) is 4.90 Å². The third kappa shape index (κ3) is 3.56. The Morgan fingerprint density at radius 3 is 2.32 bits per heavy atom. The van der Waals surface area contributed by atoms with Crippen LogP contribution in [0, 0.1) is 0 Å². The Morgan fingerprint density at radius 1 is 0.968 bits per heavy atom. The minimum atomic E-state index is -0.449. The summed E-state index contributed by atoms with van der Waals surface area (Å²) in [5.41, 5.74) is 4.79. The number of fused-ring (bicyclic) bond motifs is 3. The van der Waals surface area contributed by atoms with Crippen molar-refractivity contribution in [3.8, 4) is 11.5 Å². The first-order valence-electron chi connectivity index (χ1n) is 10.7. The molecule has 0 saturated heterocycles. The van der Waals surface area contributed by atoms with Crippen LogP contribution in [0.15, 0.2) is 66.7 Å². The zero-order valence-electron chi connectivity index (χ0n) is 17.4. The highest BCUT2D eigenvalue weighted by Crippen LogP contribution is 2.44. The summed E-state index contributed by atoms with van der Waals surface area (Å²) in [5, 5.41) is 3.10. The largest absolute Gasteiger partial charge is 0.457 e. The Labute approximate surface area is 181 Å². The predicted octanol–water partition coefficient (Wildman–Crippen LogP) is 4.86. The molecular weight excluding hydrogens is 388 g/mol. The van der Waals surface area contributed by atoms with Gasteiger partial charge >= 0.3 is 0 Å². The molecule has 0 radical (unpaired) electrons. The number of nitrogens with zero attached hydrogens (tertiary/aromatic N) is 1. The van der Waals surface area contributed by atoms with Crippen molar-refractivity contribution in [2.75, 3.05) is 11.9 Å². The maximum atomic E-state index is 13.4. The summed E-state index contributed by atoms with van der Waals surface area (Å²) in [7, 11) is 0. The van der Waals surface area contributed by atoms with E-state index in [9.17, 15) is 9.59 Å². The minimum absolute atomic E-state index is 0.0968. The standard InChI is InChI=1S/C26H24N2O3/c1-2-24(29)28-14-13-17-11-12-19(15-18(17)16-28)27-26(30)25-20-7-3-5-9-22(20)31-23-10-6-4-8-21(23)25/h3-12,15,25H,2,13-14,16H2,1H3,(H,27,30). The number of hydrogen-bond acceptors (Lipinski definition) is 3. The molecule has 0 saturated carbocycles. The Hall–Kier alpha value is -3.60. The van der Waals surface area contributed by atoms with E-state index in [0.29, 0.717) is 24.5 Å². The average molecular weight is 412 g/mol. The molecule has 0 bridgehead atoms. The number of anilines is 1. The third-order valence-corrected chi connectivity index (χ3v) is 6.08. The van der Waals surface area contributed by atoms with E-state index in [1.807, 2.05) is 72.5 Å². The van der Waals surface area contributed by atoms with E-state index in [0.717, 1.165) is 35.3 Å². The van der Waals surface area contributed by atoms with Gasteiger partial charge in [-0.25, -0.2) is 0 Å². The van der Waals surface area contributed by atoms with Crippen molar-refractivity contribution < 1.29 is 14.3 Å². The van der Waals surface area contributed by atoms with Crippen LogP contribution in [-0.2, 0) is 22.6 Å². The summed E-state index contributed by atoms with van der Waals surface area (Å²) in [5.74, 6) is 1.03. The molecule has 0 atom stereocenters. The minimum Gasteiger partial charge on any atom is -0.457 e. The van der Waals surface area contributed by atoms with E-state index in [-0.39, 0.29) is 11.8 Å². The number of ether oxygens (including phenoxy) is 1. The monoisotopic (exact) mass is 412 g/mol. The van der Waals surface area contributed by atoms with E-state index in [2.05, 4.69) is 11.4 Å². The van der Waals surface area contributed by atoms with Crippen LogP contribution < -0.4 is 10.1 Å². The molecule has 3 aromatic carbocycles. The van der Waals surface area contributed by atoms with Crippen molar-refractivity contribution in [3.63, 3.8) is 0 Å². The van der Waals surface area contributed by atoms with Crippen molar-refractivity contribution in [2.45, 2.75) is 32.2 Å². The SMILES string of the molecule is CCC(=O)N1CCc2ccc(NC(=O)C3c4ccccc4Oc4ccccc43)cc2C1. The van der Waals surface area contributed by atoms with E-state index in [4.69, 9.17) is 4.74 Å². The van der Waals surface area contributed by atoms with Gasteiger partial charge in [0.15, 0.2) is 0 Å². The molecule has 0 aliphatic carbocycles. The van der Waals surface area contributed by atoms with Gasteiger partial charge in [-0.3, -0.25) is 9.59 Å². The highest BCUT2D eigenvalue weighted by Gasteiger charge is 2.32. The maximum Gasteiger partial charge on any atom is 0.236 e. The Kier molecular flexibility index (Phi) is 4.94. The summed E-state index contributed by atoms with van der Waals surface area (Å²) < 4.78 is 6.01. The zero-order valence-corrected chi connectivity index (χ0v) is 17.4. The molecule has 156 valence electrons. The van der Waals surface area contributed by atoms with Crippen molar-refractivity contribution in [3.05, 3.63) is 89.0 Å². The second kappa shape index (κ2) is 7.91. The van der Waals surface area contributed by atoms with Gasteiger partial charge in [-0.05, 0) is 41.8 Å². The molecule has 31 heavy (non-hydrogen) atoms. The van der Waals surface area contributed by atoms with Crippen LogP contribution in [0.25, 0.3) is 0 Å². The molecule has 5 rings (SSSR count). The molecular formula is C26H24N2O3. The number of nitrogens with one attached hydrogen (secondary N) is 1.